The van der Waals surface area contributed by atoms with Crippen LogP contribution in [0.15, 0.2) is 35.5 Å². The maximum absolute atomic E-state index is 12.6. The number of ether oxygens (including phenoxy) is 1. The molecule has 0 atom stereocenters. The highest BCUT2D eigenvalue weighted by Crippen LogP contribution is 2.16. The summed E-state index contributed by atoms with van der Waals surface area (Å²) in [4.78, 5) is 16.9. The summed E-state index contributed by atoms with van der Waals surface area (Å²) in [6, 6.07) is 5.30. The van der Waals surface area contributed by atoms with E-state index in [0.717, 1.165) is 11.3 Å². The fourth-order valence-corrected chi connectivity index (χ4v) is 2.26. The second-order valence-electron chi connectivity index (χ2n) is 4.94. The van der Waals surface area contributed by atoms with Crippen molar-refractivity contribution < 1.29 is 4.74 Å². The van der Waals surface area contributed by atoms with E-state index in [0.29, 0.717) is 23.2 Å². The molecule has 0 aliphatic carbocycles. The van der Waals surface area contributed by atoms with E-state index in [4.69, 9.17) is 4.74 Å². The molecule has 0 spiro atoms. The molecule has 0 saturated carbocycles. The second kappa shape index (κ2) is 5.05. The van der Waals surface area contributed by atoms with Gasteiger partial charge in [-0.05, 0) is 25.1 Å². The largest absolute Gasteiger partial charge is 0.497 e. The lowest BCUT2D eigenvalue weighted by Gasteiger charge is -2.07. The zero-order chi connectivity index (χ0) is 15.0. The summed E-state index contributed by atoms with van der Waals surface area (Å²) < 4.78 is 8.55. The molecule has 0 aliphatic rings. The molecule has 0 saturated heterocycles. The lowest BCUT2D eigenvalue weighted by atomic mass is 10.2. The Hall–Kier alpha value is -2.63. The Morgan fingerprint density at radius 3 is 2.81 bits per heavy atom. The molecule has 2 heterocycles. The lowest BCUT2D eigenvalue weighted by molar-refractivity contribution is 0.415. The van der Waals surface area contributed by atoms with Crippen molar-refractivity contribution in [2.75, 3.05) is 7.11 Å². The molecule has 21 heavy (non-hydrogen) atoms. The van der Waals surface area contributed by atoms with Crippen molar-refractivity contribution in [2.24, 2.45) is 7.05 Å². The van der Waals surface area contributed by atoms with Crippen molar-refractivity contribution >= 4 is 10.9 Å². The number of nitrogens with zero attached hydrogens (tertiary/aromatic N) is 4. The number of rotatable bonds is 3. The Morgan fingerprint density at radius 1 is 1.33 bits per heavy atom. The standard InChI is InChI=1S/C15H16N4O2/c1-10-11(7-17-18(10)2)8-19-9-16-14-5-4-12(21-3)6-13(14)15(19)20/h4-7,9H,8H2,1-3H3. The van der Waals surface area contributed by atoms with E-state index in [2.05, 4.69) is 10.1 Å². The molecular weight excluding hydrogens is 268 g/mol. The first-order chi connectivity index (χ1) is 10.1. The van der Waals surface area contributed by atoms with Crippen LogP contribution in [-0.4, -0.2) is 26.4 Å². The summed E-state index contributed by atoms with van der Waals surface area (Å²) >= 11 is 0. The second-order valence-corrected chi connectivity index (χ2v) is 4.94. The van der Waals surface area contributed by atoms with Crippen molar-refractivity contribution in [3.63, 3.8) is 0 Å². The Kier molecular flexibility index (Phi) is 3.21. The van der Waals surface area contributed by atoms with E-state index < -0.39 is 0 Å². The maximum Gasteiger partial charge on any atom is 0.261 e. The van der Waals surface area contributed by atoms with Crippen molar-refractivity contribution in [2.45, 2.75) is 13.5 Å². The van der Waals surface area contributed by atoms with Gasteiger partial charge in [0, 0.05) is 18.3 Å². The first-order valence-corrected chi connectivity index (χ1v) is 6.61. The number of benzene rings is 1. The van der Waals surface area contributed by atoms with Gasteiger partial charge in [-0.1, -0.05) is 0 Å². The molecule has 0 bridgehead atoms. The summed E-state index contributed by atoms with van der Waals surface area (Å²) in [5.74, 6) is 0.650. The zero-order valence-corrected chi connectivity index (χ0v) is 12.2. The van der Waals surface area contributed by atoms with Gasteiger partial charge in [0.05, 0.1) is 37.1 Å². The van der Waals surface area contributed by atoms with Gasteiger partial charge in [0.2, 0.25) is 0 Å². The number of methoxy groups -OCH3 is 1. The monoisotopic (exact) mass is 284 g/mol. The Bertz CT molecular complexity index is 864. The molecule has 0 radical (unpaired) electrons. The molecule has 0 unspecified atom stereocenters. The van der Waals surface area contributed by atoms with Crippen LogP contribution in [0.3, 0.4) is 0 Å². The number of hydrogen-bond donors (Lipinski definition) is 0. The van der Waals surface area contributed by atoms with Gasteiger partial charge < -0.3 is 4.74 Å². The minimum Gasteiger partial charge on any atom is -0.497 e. The van der Waals surface area contributed by atoms with Crippen molar-refractivity contribution in [1.29, 1.82) is 0 Å². The molecule has 0 fully saturated rings. The van der Waals surface area contributed by atoms with E-state index in [1.54, 1.807) is 47.1 Å². The summed E-state index contributed by atoms with van der Waals surface area (Å²) in [7, 11) is 3.46. The van der Waals surface area contributed by atoms with Crippen LogP contribution in [0, 0.1) is 6.92 Å². The SMILES string of the molecule is COc1ccc2ncn(Cc3cnn(C)c3C)c(=O)c2c1. The van der Waals surface area contributed by atoms with Gasteiger partial charge in [-0.15, -0.1) is 0 Å². The van der Waals surface area contributed by atoms with Gasteiger partial charge >= 0.3 is 0 Å². The van der Waals surface area contributed by atoms with Crippen LogP contribution >= 0.6 is 0 Å². The van der Waals surface area contributed by atoms with Gasteiger partial charge in [-0.2, -0.15) is 5.10 Å². The van der Waals surface area contributed by atoms with Crippen LogP contribution in [0.2, 0.25) is 0 Å². The first kappa shape index (κ1) is 13.4. The van der Waals surface area contributed by atoms with Crippen LogP contribution in [0.5, 0.6) is 5.75 Å². The summed E-state index contributed by atoms with van der Waals surface area (Å²) in [5, 5.41) is 4.75. The number of aromatic nitrogens is 4. The number of fused-ring (bicyclic) bond motifs is 1. The highest BCUT2D eigenvalue weighted by molar-refractivity contribution is 5.78. The number of aryl methyl sites for hydroxylation is 1. The van der Waals surface area contributed by atoms with E-state index in [1.165, 1.54) is 0 Å². The van der Waals surface area contributed by atoms with Crippen LogP contribution in [0.4, 0.5) is 0 Å². The normalized spacial score (nSPS) is 11.0. The van der Waals surface area contributed by atoms with Crippen molar-refractivity contribution in [3.05, 3.63) is 52.3 Å². The van der Waals surface area contributed by atoms with Crippen LogP contribution < -0.4 is 10.3 Å². The number of hydrogen-bond acceptors (Lipinski definition) is 4. The quantitative estimate of drug-likeness (QED) is 0.731. The molecule has 1 aromatic carbocycles. The molecule has 6 heteroatoms. The fraction of sp³-hybridized carbons (Fsp3) is 0.267. The van der Waals surface area contributed by atoms with Crippen molar-refractivity contribution in [3.8, 4) is 5.75 Å². The first-order valence-electron chi connectivity index (χ1n) is 6.61. The maximum atomic E-state index is 12.6. The third kappa shape index (κ3) is 2.29. The third-order valence-corrected chi connectivity index (χ3v) is 3.71. The fourth-order valence-electron chi connectivity index (χ4n) is 2.26. The molecular formula is C15H16N4O2. The van der Waals surface area contributed by atoms with Gasteiger partial charge in [0.15, 0.2) is 0 Å². The molecule has 6 nitrogen and oxygen atoms in total. The van der Waals surface area contributed by atoms with Crippen molar-refractivity contribution in [1.82, 2.24) is 19.3 Å². The van der Waals surface area contributed by atoms with Crippen LogP contribution in [-0.2, 0) is 13.6 Å². The Labute approximate surface area is 121 Å². The molecule has 0 aliphatic heterocycles. The molecule has 0 amide bonds. The third-order valence-electron chi connectivity index (χ3n) is 3.71. The van der Waals surface area contributed by atoms with Gasteiger partial charge in [-0.25, -0.2) is 4.98 Å². The van der Waals surface area contributed by atoms with Crippen LogP contribution in [0.25, 0.3) is 10.9 Å². The Morgan fingerprint density at radius 2 is 2.14 bits per heavy atom. The summed E-state index contributed by atoms with van der Waals surface area (Å²) in [5.41, 5.74) is 2.62. The lowest BCUT2D eigenvalue weighted by Crippen LogP contribution is -2.21. The Balaban J connectivity index is 2.09. The van der Waals surface area contributed by atoms with Crippen LogP contribution in [0.1, 0.15) is 11.3 Å². The minimum atomic E-state index is -0.0813. The topological polar surface area (TPSA) is 61.9 Å². The highest BCUT2D eigenvalue weighted by atomic mass is 16.5. The average Bonchev–Trinajstić information content (AvgIpc) is 2.82. The zero-order valence-electron chi connectivity index (χ0n) is 12.2. The predicted octanol–water partition coefficient (Wildman–Crippen LogP) is 1.50. The molecule has 108 valence electrons. The van der Waals surface area contributed by atoms with E-state index in [-0.39, 0.29) is 5.56 Å². The molecule has 0 N–H and O–H groups in total. The van der Waals surface area contributed by atoms with Gasteiger partial charge in [0.25, 0.3) is 5.56 Å². The smallest absolute Gasteiger partial charge is 0.261 e. The summed E-state index contributed by atoms with van der Waals surface area (Å²) in [6.45, 7) is 2.43. The molecule has 3 rings (SSSR count). The highest BCUT2D eigenvalue weighted by Gasteiger charge is 2.09. The van der Waals surface area contributed by atoms with E-state index in [1.807, 2.05) is 14.0 Å². The summed E-state index contributed by atoms with van der Waals surface area (Å²) in [6.07, 6.45) is 3.35. The minimum absolute atomic E-state index is 0.0813. The van der Waals surface area contributed by atoms with E-state index in [9.17, 15) is 4.79 Å². The van der Waals surface area contributed by atoms with Gasteiger partial charge in [-0.3, -0.25) is 14.0 Å². The predicted molar refractivity (Wildman–Crippen MR) is 79.6 cm³/mol. The van der Waals surface area contributed by atoms with Gasteiger partial charge in [0.1, 0.15) is 5.75 Å². The average molecular weight is 284 g/mol. The molecule has 3 aromatic rings. The van der Waals surface area contributed by atoms with E-state index >= 15 is 0 Å². The molecule has 2 aromatic heterocycles.